The minimum Gasteiger partial charge on any atom is -0.397 e. The van der Waals surface area contributed by atoms with Gasteiger partial charge in [0, 0.05) is 5.69 Å². The van der Waals surface area contributed by atoms with Crippen molar-refractivity contribution >= 4 is 11.6 Å². The largest absolute Gasteiger partial charge is 0.397 e. The zero-order valence-corrected chi connectivity index (χ0v) is 11.0. The van der Waals surface area contributed by atoms with Gasteiger partial charge in [0.2, 0.25) is 5.91 Å². The normalized spacial score (nSPS) is 11.8. The molecule has 5 heteroatoms. The van der Waals surface area contributed by atoms with Crippen molar-refractivity contribution < 1.29 is 9.90 Å². The fourth-order valence-corrected chi connectivity index (χ4v) is 1.87. The standard InChI is InChI=1S/C15H17N3O2/c16-12-6-7-13(17-9-12)8-15(20)18-14(10-19)11-4-2-1-3-5-11/h1-7,9,14,19H,8,10,16H2,(H,18,20)/t14-/m1/s1. The van der Waals surface area contributed by atoms with Gasteiger partial charge in [-0.3, -0.25) is 9.78 Å². The Morgan fingerprint density at radius 2 is 2.00 bits per heavy atom. The Bertz CT molecular complexity index is 555. The summed E-state index contributed by atoms with van der Waals surface area (Å²) < 4.78 is 0. The summed E-state index contributed by atoms with van der Waals surface area (Å²) in [5.41, 5.74) is 7.61. The Labute approximate surface area is 117 Å². The number of hydrogen-bond acceptors (Lipinski definition) is 4. The highest BCUT2D eigenvalue weighted by Gasteiger charge is 2.13. The molecule has 5 nitrogen and oxygen atoms in total. The molecule has 0 saturated carbocycles. The molecule has 1 aromatic heterocycles. The second kappa shape index (κ2) is 6.68. The molecule has 2 aromatic rings. The lowest BCUT2D eigenvalue weighted by molar-refractivity contribution is -0.121. The third kappa shape index (κ3) is 3.80. The van der Waals surface area contributed by atoms with Crippen molar-refractivity contribution in [1.82, 2.24) is 10.3 Å². The molecule has 1 heterocycles. The highest BCUT2D eigenvalue weighted by Crippen LogP contribution is 2.12. The summed E-state index contributed by atoms with van der Waals surface area (Å²) in [5.74, 6) is -0.190. The first-order valence-corrected chi connectivity index (χ1v) is 6.34. The van der Waals surface area contributed by atoms with E-state index < -0.39 is 6.04 Å². The quantitative estimate of drug-likeness (QED) is 0.758. The molecule has 0 bridgehead atoms. The van der Waals surface area contributed by atoms with E-state index in [1.54, 1.807) is 12.1 Å². The van der Waals surface area contributed by atoms with Gasteiger partial charge in [-0.2, -0.15) is 0 Å². The number of anilines is 1. The average molecular weight is 271 g/mol. The number of hydrogen-bond donors (Lipinski definition) is 3. The minimum absolute atomic E-state index is 0.148. The van der Waals surface area contributed by atoms with Gasteiger partial charge in [0.05, 0.1) is 31.0 Å². The van der Waals surface area contributed by atoms with E-state index in [1.807, 2.05) is 30.3 Å². The van der Waals surface area contributed by atoms with Gasteiger partial charge in [-0.15, -0.1) is 0 Å². The fourth-order valence-electron chi connectivity index (χ4n) is 1.87. The molecule has 0 aliphatic carbocycles. The summed E-state index contributed by atoms with van der Waals surface area (Å²) in [7, 11) is 0. The van der Waals surface area contributed by atoms with E-state index in [0.717, 1.165) is 5.56 Å². The molecule has 20 heavy (non-hydrogen) atoms. The maximum absolute atomic E-state index is 11.9. The Hall–Kier alpha value is -2.40. The van der Waals surface area contributed by atoms with E-state index in [4.69, 9.17) is 5.73 Å². The molecule has 0 aliphatic heterocycles. The average Bonchev–Trinajstić information content (AvgIpc) is 2.48. The smallest absolute Gasteiger partial charge is 0.226 e. The molecule has 0 unspecified atom stereocenters. The van der Waals surface area contributed by atoms with Crippen molar-refractivity contribution in [2.45, 2.75) is 12.5 Å². The summed E-state index contributed by atoms with van der Waals surface area (Å²) >= 11 is 0. The Kier molecular flexibility index (Phi) is 4.68. The zero-order chi connectivity index (χ0) is 14.4. The maximum atomic E-state index is 11.9. The highest BCUT2D eigenvalue weighted by molar-refractivity contribution is 5.78. The van der Waals surface area contributed by atoms with Gasteiger partial charge in [0.1, 0.15) is 0 Å². The van der Waals surface area contributed by atoms with E-state index in [2.05, 4.69) is 10.3 Å². The van der Waals surface area contributed by atoms with Crippen LogP contribution in [0, 0.1) is 0 Å². The van der Waals surface area contributed by atoms with E-state index >= 15 is 0 Å². The van der Waals surface area contributed by atoms with Crippen molar-refractivity contribution in [3.8, 4) is 0 Å². The summed E-state index contributed by atoms with van der Waals surface area (Å²) in [6.45, 7) is -0.148. The lowest BCUT2D eigenvalue weighted by atomic mass is 10.1. The number of aromatic nitrogens is 1. The highest BCUT2D eigenvalue weighted by atomic mass is 16.3. The molecular formula is C15H17N3O2. The van der Waals surface area contributed by atoms with Crippen LogP contribution < -0.4 is 11.1 Å². The van der Waals surface area contributed by atoms with Gasteiger partial charge in [0.15, 0.2) is 0 Å². The van der Waals surface area contributed by atoms with Crippen molar-refractivity contribution in [3.63, 3.8) is 0 Å². The summed E-state index contributed by atoms with van der Waals surface area (Å²) in [4.78, 5) is 16.0. The molecule has 1 aromatic carbocycles. The summed E-state index contributed by atoms with van der Waals surface area (Å²) in [6.07, 6.45) is 1.67. The summed E-state index contributed by atoms with van der Waals surface area (Å²) in [5, 5.41) is 12.2. The number of nitrogens with zero attached hydrogens (tertiary/aromatic N) is 1. The Morgan fingerprint density at radius 3 is 2.60 bits per heavy atom. The van der Waals surface area contributed by atoms with E-state index in [-0.39, 0.29) is 18.9 Å². The SMILES string of the molecule is Nc1ccc(CC(=O)N[C@H](CO)c2ccccc2)nc1. The summed E-state index contributed by atoms with van der Waals surface area (Å²) in [6, 6.07) is 12.4. The number of carbonyl (C=O) groups is 1. The molecule has 0 saturated heterocycles. The lowest BCUT2D eigenvalue weighted by Crippen LogP contribution is -2.32. The van der Waals surface area contributed by atoms with Crippen LogP contribution in [0.4, 0.5) is 5.69 Å². The number of carbonyl (C=O) groups excluding carboxylic acids is 1. The van der Waals surface area contributed by atoms with Crippen molar-refractivity contribution in [2.75, 3.05) is 12.3 Å². The number of benzene rings is 1. The third-order valence-electron chi connectivity index (χ3n) is 2.91. The topological polar surface area (TPSA) is 88.2 Å². The van der Waals surface area contributed by atoms with E-state index in [9.17, 15) is 9.90 Å². The first-order chi connectivity index (χ1) is 9.69. The third-order valence-corrected chi connectivity index (χ3v) is 2.91. The van der Waals surface area contributed by atoms with Crippen LogP contribution in [0.25, 0.3) is 0 Å². The number of amides is 1. The number of nitrogens with one attached hydrogen (secondary N) is 1. The van der Waals surface area contributed by atoms with Crippen LogP contribution in [0.3, 0.4) is 0 Å². The number of pyridine rings is 1. The second-order valence-electron chi connectivity index (χ2n) is 4.47. The van der Waals surface area contributed by atoms with Crippen LogP contribution in [0.15, 0.2) is 48.7 Å². The molecule has 1 amide bonds. The lowest BCUT2D eigenvalue weighted by Gasteiger charge is -2.16. The van der Waals surface area contributed by atoms with Crippen molar-refractivity contribution in [1.29, 1.82) is 0 Å². The molecule has 2 rings (SSSR count). The molecule has 0 aliphatic rings. The van der Waals surface area contributed by atoms with E-state index in [1.165, 1.54) is 6.20 Å². The van der Waals surface area contributed by atoms with Gasteiger partial charge in [-0.05, 0) is 17.7 Å². The molecule has 104 valence electrons. The van der Waals surface area contributed by atoms with Crippen LogP contribution in [0.1, 0.15) is 17.3 Å². The number of rotatable bonds is 5. The predicted molar refractivity (Wildman–Crippen MR) is 76.8 cm³/mol. The Balaban J connectivity index is 1.97. The van der Waals surface area contributed by atoms with Crippen LogP contribution in [0.2, 0.25) is 0 Å². The number of aliphatic hydroxyl groups excluding tert-OH is 1. The van der Waals surface area contributed by atoms with Crippen LogP contribution in [0.5, 0.6) is 0 Å². The Morgan fingerprint density at radius 1 is 1.25 bits per heavy atom. The van der Waals surface area contributed by atoms with Crippen molar-refractivity contribution in [2.24, 2.45) is 0 Å². The molecule has 0 radical (unpaired) electrons. The fraction of sp³-hybridized carbons (Fsp3) is 0.200. The van der Waals surface area contributed by atoms with Gasteiger partial charge in [0.25, 0.3) is 0 Å². The van der Waals surface area contributed by atoms with E-state index in [0.29, 0.717) is 11.4 Å². The maximum Gasteiger partial charge on any atom is 0.226 e. The molecule has 4 N–H and O–H groups in total. The minimum atomic E-state index is -0.405. The molecule has 1 atom stereocenters. The van der Waals surface area contributed by atoms with Crippen molar-refractivity contribution in [3.05, 3.63) is 59.9 Å². The molecular weight excluding hydrogens is 254 g/mol. The van der Waals surface area contributed by atoms with Gasteiger partial charge in [-0.1, -0.05) is 30.3 Å². The monoisotopic (exact) mass is 271 g/mol. The molecule has 0 fully saturated rings. The van der Waals surface area contributed by atoms with Crippen LogP contribution >= 0.6 is 0 Å². The first kappa shape index (κ1) is 14.0. The zero-order valence-electron chi connectivity index (χ0n) is 11.0. The van der Waals surface area contributed by atoms with Crippen LogP contribution in [-0.4, -0.2) is 22.6 Å². The van der Waals surface area contributed by atoms with Gasteiger partial charge in [-0.25, -0.2) is 0 Å². The second-order valence-corrected chi connectivity index (χ2v) is 4.47. The number of aliphatic hydroxyl groups is 1. The first-order valence-electron chi connectivity index (χ1n) is 6.34. The number of nitrogen functional groups attached to an aromatic ring is 1. The van der Waals surface area contributed by atoms with Gasteiger partial charge < -0.3 is 16.2 Å². The van der Waals surface area contributed by atoms with Gasteiger partial charge >= 0.3 is 0 Å². The van der Waals surface area contributed by atoms with Crippen LogP contribution in [-0.2, 0) is 11.2 Å². The predicted octanol–water partition coefficient (Wildman–Crippen LogP) is 1.06. The molecule has 0 spiro atoms. The number of nitrogens with two attached hydrogens (primary N) is 1.